The predicted octanol–water partition coefficient (Wildman–Crippen LogP) is 2.80. The molecular formula is C16H23N3O. The van der Waals surface area contributed by atoms with Crippen LogP contribution in [-0.4, -0.2) is 23.9 Å². The smallest absolute Gasteiger partial charge is 0.161 e. The Morgan fingerprint density at radius 2 is 2.05 bits per heavy atom. The molecule has 0 saturated carbocycles. The normalized spacial score (nSPS) is 12.3. The number of aryl methyl sites for hydroxylation is 2. The summed E-state index contributed by atoms with van der Waals surface area (Å²) in [7, 11) is 3.69. The summed E-state index contributed by atoms with van der Waals surface area (Å²) in [6.07, 6.45) is 3.85. The molecule has 1 aromatic heterocycles. The van der Waals surface area contributed by atoms with Crippen molar-refractivity contribution in [2.45, 2.75) is 32.4 Å². The molecule has 0 saturated heterocycles. The highest BCUT2D eigenvalue weighted by Crippen LogP contribution is 2.28. The van der Waals surface area contributed by atoms with Gasteiger partial charge in [0.25, 0.3) is 0 Å². The van der Waals surface area contributed by atoms with E-state index in [1.165, 1.54) is 5.56 Å². The van der Waals surface area contributed by atoms with Gasteiger partial charge in [-0.15, -0.1) is 0 Å². The van der Waals surface area contributed by atoms with Crippen LogP contribution in [0, 0.1) is 0 Å². The van der Waals surface area contributed by atoms with Crippen molar-refractivity contribution in [1.29, 1.82) is 0 Å². The van der Waals surface area contributed by atoms with Gasteiger partial charge in [-0.05, 0) is 32.4 Å². The number of methoxy groups -OCH3 is 1. The van der Waals surface area contributed by atoms with Crippen molar-refractivity contribution >= 4 is 0 Å². The van der Waals surface area contributed by atoms with E-state index in [4.69, 9.17) is 4.74 Å². The van der Waals surface area contributed by atoms with Crippen LogP contribution in [0.1, 0.15) is 30.6 Å². The van der Waals surface area contributed by atoms with Crippen molar-refractivity contribution in [1.82, 2.24) is 15.1 Å². The van der Waals surface area contributed by atoms with Crippen molar-refractivity contribution in [3.63, 3.8) is 0 Å². The van der Waals surface area contributed by atoms with Crippen LogP contribution in [0.2, 0.25) is 0 Å². The number of ether oxygens (including phenoxy) is 1. The van der Waals surface area contributed by atoms with E-state index in [1.54, 1.807) is 13.3 Å². The number of hydrogen-bond acceptors (Lipinski definition) is 3. The lowest BCUT2D eigenvalue weighted by atomic mass is 10.0. The topological polar surface area (TPSA) is 39.1 Å². The molecule has 1 aromatic carbocycles. The molecule has 0 radical (unpaired) electrons. The third-order valence-electron chi connectivity index (χ3n) is 3.61. The fourth-order valence-electron chi connectivity index (χ4n) is 2.51. The lowest BCUT2D eigenvalue weighted by Gasteiger charge is -2.19. The van der Waals surface area contributed by atoms with Gasteiger partial charge in [0.2, 0.25) is 0 Å². The van der Waals surface area contributed by atoms with E-state index < -0.39 is 0 Å². The number of rotatable bonds is 7. The first-order valence-electron chi connectivity index (χ1n) is 7.11. The van der Waals surface area contributed by atoms with Crippen LogP contribution in [-0.2, 0) is 13.0 Å². The van der Waals surface area contributed by atoms with E-state index in [9.17, 15) is 0 Å². The van der Waals surface area contributed by atoms with E-state index in [0.29, 0.717) is 0 Å². The van der Waals surface area contributed by atoms with Crippen LogP contribution in [0.3, 0.4) is 0 Å². The zero-order chi connectivity index (χ0) is 14.4. The Labute approximate surface area is 120 Å². The minimum atomic E-state index is 0.243. The number of aromatic nitrogens is 2. The highest BCUT2D eigenvalue weighted by Gasteiger charge is 2.19. The molecule has 1 N–H and O–H groups in total. The van der Waals surface area contributed by atoms with Crippen LogP contribution < -0.4 is 10.1 Å². The molecule has 20 heavy (non-hydrogen) atoms. The third kappa shape index (κ3) is 3.20. The molecule has 0 aliphatic rings. The zero-order valence-corrected chi connectivity index (χ0v) is 12.5. The maximum Gasteiger partial charge on any atom is 0.161 e. The molecule has 2 rings (SSSR count). The number of benzene rings is 1. The van der Waals surface area contributed by atoms with E-state index >= 15 is 0 Å². The van der Waals surface area contributed by atoms with Crippen molar-refractivity contribution < 1.29 is 4.74 Å². The second kappa shape index (κ2) is 7.10. The van der Waals surface area contributed by atoms with Gasteiger partial charge in [-0.2, -0.15) is 5.10 Å². The quantitative estimate of drug-likeness (QED) is 0.843. The minimum Gasteiger partial charge on any atom is -0.493 e. The van der Waals surface area contributed by atoms with Crippen LogP contribution >= 0.6 is 0 Å². The van der Waals surface area contributed by atoms with Crippen molar-refractivity contribution in [2.24, 2.45) is 0 Å². The Balaban J connectivity index is 2.13. The maximum absolute atomic E-state index is 5.44. The summed E-state index contributed by atoms with van der Waals surface area (Å²) in [4.78, 5) is 0. The Morgan fingerprint density at radius 3 is 2.65 bits per heavy atom. The summed E-state index contributed by atoms with van der Waals surface area (Å²) in [5.74, 6) is 0.860. The van der Waals surface area contributed by atoms with Gasteiger partial charge in [0, 0.05) is 6.54 Å². The summed E-state index contributed by atoms with van der Waals surface area (Å²) in [6, 6.07) is 10.8. The molecule has 1 atom stereocenters. The van der Waals surface area contributed by atoms with Crippen LogP contribution in [0.25, 0.3) is 0 Å². The largest absolute Gasteiger partial charge is 0.493 e. The van der Waals surface area contributed by atoms with Crippen molar-refractivity contribution in [3.8, 4) is 5.75 Å². The molecule has 0 bridgehead atoms. The molecular weight excluding hydrogens is 250 g/mol. The molecule has 0 aliphatic carbocycles. The SMILES string of the molecule is CCn1ncc(OC)c1C(CCc1ccccc1)NC. The first-order chi connectivity index (χ1) is 9.80. The Kier molecular flexibility index (Phi) is 5.18. The van der Waals surface area contributed by atoms with Gasteiger partial charge in [-0.3, -0.25) is 4.68 Å². The second-order valence-electron chi connectivity index (χ2n) is 4.78. The molecule has 0 amide bonds. The Morgan fingerprint density at radius 1 is 1.30 bits per heavy atom. The maximum atomic E-state index is 5.44. The summed E-state index contributed by atoms with van der Waals surface area (Å²) in [5, 5.41) is 7.76. The number of nitrogens with one attached hydrogen (secondary N) is 1. The summed E-state index contributed by atoms with van der Waals surface area (Å²) >= 11 is 0. The first kappa shape index (κ1) is 14.6. The fraction of sp³-hybridized carbons (Fsp3) is 0.438. The van der Waals surface area contributed by atoms with Gasteiger partial charge in [0.05, 0.1) is 25.0 Å². The standard InChI is InChI=1S/C16H23N3O/c1-4-19-16(15(20-3)12-18-19)14(17-2)11-10-13-8-6-5-7-9-13/h5-9,12,14,17H,4,10-11H2,1-3H3. The lowest BCUT2D eigenvalue weighted by molar-refractivity contribution is 0.391. The Bertz CT molecular complexity index is 500. The highest BCUT2D eigenvalue weighted by molar-refractivity contribution is 5.28. The minimum absolute atomic E-state index is 0.243. The molecule has 1 heterocycles. The monoisotopic (exact) mass is 273 g/mol. The van der Waals surface area contributed by atoms with Gasteiger partial charge < -0.3 is 10.1 Å². The van der Waals surface area contributed by atoms with Gasteiger partial charge in [-0.25, -0.2) is 0 Å². The lowest BCUT2D eigenvalue weighted by Crippen LogP contribution is -2.21. The van der Waals surface area contributed by atoms with E-state index in [2.05, 4.69) is 41.6 Å². The molecule has 2 aromatic rings. The molecule has 0 spiro atoms. The van der Waals surface area contributed by atoms with Gasteiger partial charge in [0.15, 0.2) is 5.75 Å². The third-order valence-corrected chi connectivity index (χ3v) is 3.61. The fourth-order valence-corrected chi connectivity index (χ4v) is 2.51. The average Bonchev–Trinajstić information content (AvgIpc) is 2.92. The van der Waals surface area contributed by atoms with Crippen LogP contribution in [0.4, 0.5) is 0 Å². The molecule has 4 nitrogen and oxygen atoms in total. The van der Waals surface area contributed by atoms with Crippen molar-refractivity contribution in [2.75, 3.05) is 14.2 Å². The highest BCUT2D eigenvalue weighted by atomic mass is 16.5. The van der Waals surface area contributed by atoms with E-state index in [1.807, 2.05) is 17.8 Å². The molecule has 0 aliphatic heterocycles. The summed E-state index contributed by atoms with van der Waals surface area (Å²) < 4.78 is 7.44. The summed E-state index contributed by atoms with van der Waals surface area (Å²) in [6.45, 7) is 2.95. The molecule has 108 valence electrons. The number of nitrogens with zero attached hydrogens (tertiary/aromatic N) is 2. The first-order valence-corrected chi connectivity index (χ1v) is 7.11. The van der Waals surface area contributed by atoms with Crippen LogP contribution in [0.15, 0.2) is 36.5 Å². The average molecular weight is 273 g/mol. The van der Waals surface area contributed by atoms with Crippen LogP contribution in [0.5, 0.6) is 5.75 Å². The zero-order valence-electron chi connectivity index (χ0n) is 12.5. The molecule has 0 fully saturated rings. The number of hydrogen-bond donors (Lipinski definition) is 1. The van der Waals surface area contributed by atoms with Gasteiger partial charge in [0.1, 0.15) is 0 Å². The van der Waals surface area contributed by atoms with Crippen molar-refractivity contribution in [3.05, 3.63) is 47.8 Å². The molecule has 4 heteroatoms. The van der Waals surface area contributed by atoms with E-state index in [0.717, 1.165) is 30.8 Å². The van der Waals surface area contributed by atoms with Gasteiger partial charge >= 0.3 is 0 Å². The summed E-state index contributed by atoms with van der Waals surface area (Å²) in [5.41, 5.74) is 2.49. The Hall–Kier alpha value is -1.81. The molecule has 1 unspecified atom stereocenters. The second-order valence-corrected chi connectivity index (χ2v) is 4.78. The van der Waals surface area contributed by atoms with Gasteiger partial charge in [-0.1, -0.05) is 30.3 Å². The predicted molar refractivity (Wildman–Crippen MR) is 81.0 cm³/mol. The van der Waals surface area contributed by atoms with E-state index in [-0.39, 0.29) is 6.04 Å².